The van der Waals surface area contributed by atoms with Crippen LogP contribution in [0.15, 0.2) is 28.7 Å². The van der Waals surface area contributed by atoms with Crippen molar-refractivity contribution in [1.82, 2.24) is 4.90 Å². The summed E-state index contributed by atoms with van der Waals surface area (Å²) in [7, 11) is -0.763. The molecule has 1 aromatic rings. The van der Waals surface area contributed by atoms with Crippen LogP contribution in [-0.2, 0) is 25.1 Å². The van der Waals surface area contributed by atoms with Gasteiger partial charge < -0.3 is 13.9 Å². The third-order valence-electron chi connectivity index (χ3n) is 6.32. The average molecular weight is 529 g/mol. The first-order valence-corrected chi connectivity index (χ1v) is 14.7. The van der Waals surface area contributed by atoms with Crippen LogP contribution in [0.2, 0.25) is 18.1 Å². The summed E-state index contributed by atoms with van der Waals surface area (Å²) < 4.78 is 18.6. The maximum absolute atomic E-state index is 13.3. The predicted molar refractivity (Wildman–Crippen MR) is 132 cm³/mol. The first-order valence-electron chi connectivity index (χ1n) is 11.0. The Morgan fingerprint density at radius 3 is 2.16 bits per heavy atom. The zero-order valence-electron chi connectivity index (χ0n) is 20.9. The Kier molecular flexibility index (Phi) is 7.95. The number of halogens is 1. The lowest BCUT2D eigenvalue weighted by molar-refractivity contribution is -0.153. The van der Waals surface area contributed by atoms with Gasteiger partial charge in [0, 0.05) is 17.3 Å². The number of carbonyl (C=O) groups is 2. The van der Waals surface area contributed by atoms with Crippen LogP contribution in [0.25, 0.3) is 0 Å². The molecular formula is C24H38BrNO5Si. The standard InChI is InChI=1S/C24H38BrNO5Si/c1-22(2,3)30-21(28)26-16-19(31-32(8,9)23(4,5)6)15-24(26,20(27)29-7)14-17-10-12-18(25)13-11-17/h10-13,19H,14-16H2,1-9H3/t19-,24-/m0/s1. The highest BCUT2D eigenvalue weighted by Gasteiger charge is 2.57. The van der Waals surface area contributed by atoms with Crippen LogP contribution in [0.5, 0.6) is 0 Å². The third-order valence-corrected chi connectivity index (χ3v) is 11.4. The van der Waals surface area contributed by atoms with Gasteiger partial charge in [0.15, 0.2) is 8.32 Å². The summed E-state index contributed by atoms with van der Waals surface area (Å²) in [6.45, 7) is 16.6. The van der Waals surface area contributed by atoms with E-state index in [4.69, 9.17) is 13.9 Å². The molecule has 1 aliphatic heterocycles. The van der Waals surface area contributed by atoms with Crippen molar-refractivity contribution in [3.8, 4) is 0 Å². The smallest absolute Gasteiger partial charge is 0.411 e. The molecule has 0 N–H and O–H groups in total. The molecule has 0 spiro atoms. The third kappa shape index (κ3) is 6.14. The Labute approximate surface area is 202 Å². The highest BCUT2D eigenvalue weighted by Crippen LogP contribution is 2.42. The topological polar surface area (TPSA) is 65.1 Å². The van der Waals surface area contributed by atoms with Crippen LogP contribution in [0.1, 0.15) is 53.5 Å². The monoisotopic (exact) mass is 527 g/mol. The highest BCUT2D eigenvalue weighted by molar-refractivity contribution is 9.10. The first kappa shape index (κ1) is 26.9. The van der Waals surface area contributed by atoms with E-state index in [2.05, 4.69) is 49.8 Å². The second-order valence-corrected chi connectivity index (χ2v) is 16.8. The quantitative estimate of drug-likeness (QED) is 0.350. The number of benzene rings is 1. The van der Waals surface area contributed by atoms with Crippen LogP contribution in [0.4, 0.5) is 4.79 Å². The molecule has 0 saturated carbocycles. The van der Waals surface area contributed by atoms with E-state index in [1.54, 1.807) is 0 Å². The summed E-state index contributed by atoms with van der Waals surface area (Å²) in [5.74, 6) is -0.451. The number of amides is 1. The molecule has 1 saturated heterocycles. The van der Waals surface area contributed by atoms with Crippen LogP contribution in [-0.4, -0.2) is 56.2 Å². The molecule has 1 aromatic carbocycles. The summed E-state index contributed by atoms with van der Waals surface area (Å²) in [5.41, 5.74) is -0.951. The molecule has 0 bridgehead atoms. The van der Waals surface area contributed by atoms with E-state index in [1.165, 1.54) is 12.0 Å². The first-order chi connectivity index (χ1) is 14.5. The lowest BCUT2D eigenvalue weighted by atomic mass is 9.87. The summed E-state index contributed by atoms with van der Waals surface area (Å²) in [5, 5.41) is 0.00592. The number of hydrogen-bond acceptors (Lipinski definition) is 5. The van der Waals surface area contributed by atoms with Gasteiger partial charge in [0.25, 0.3) is 0 Å². The van der Waals surface area contributed by atoms with E-state index < -0.39 is 31.5 Å². The molecule has 0 radical (unpaired) electrons. The van der Waals surface area contributed by atoms with E-state index in [0.717, 1.165) is 10.0 Å². The molecule has 0 aliphatic carbocycles. The molecule has 8 heteroatoms. The average Bonchev–Trinajstić information content (AvgIpc) is 2.99. The van der Waals surface area contributed by atoms with Gasteiger partial charge in [-0.1, -0.05) is 48.8 Å². The van der Waals surface area contributed by atoms with Crippen molar-refractivity contribution < 1.29 is 23.5 Å². The van der Waals surface area contributed by atoms with Gasteiger partial charge in [-0.2, -0.15) is 0 Å². The lowest BCUT2D eigenvalue weighted by Gasteiger charge is -2.38. The summed E-state index contributed by atoms with van der Waals surface area (Å²) in [6.07, 6.45) is -0.121. The van der Waals surface area contributed by atoms with E-state index in [1.807, 2.05) is 45.0 Å². The Hall–Kier alpha value is -1.38. The van der Waals surface area contributed by atoms with Gasteiger partial charge in [-0.25, -0.2) is 9.59 Å². The molecule has 2 atom stereocenters. The number of methoxy groups -OCH3 is 1. The minimum Gasteiger partial charge on any atom is -0.467 e. The van der Waals surface area contributed by atoms with Crippen molar-refractivity contribution in [3.05, 3.63) is 34.3 Å². The van der Waals surface area contributed by atoms with Crippen LogP contribution < -0.4 is 0 Å². The molecule has 180 valence electrons. The van der Waals surface area contributed by atoms with Gasteiger partial charge in [0.05, 0.1) is 19.8 Å². The fourth-order valence-electron chi connectivity index (χ4n) is 3.73. The van der Waals surface area contributed by atoms with Gasteiger partial charge in [0.2, 0.25) is 0 Å². The van der Waals surface area contributed by atoms with Gasteiger partial charge in [-0.15, -0.1) is 0 Å². The molecule has 6 nitrogen and oxygen atoms in total. The Bertz CT molecular complexity index is 828. The maximum Gasteiger partial charge on any atom is 0.411 e. The van der Waals surface area contributed by atoms with E-state index in [0.29, 0.717) is 12.8 Å². The van der Waals surface area contributed by atoms with Crippen LogP contribution in [0, 0.1) is 0 Å². The SMILES string of the molecule is COC(=O)[C@]1(Cc2ccc(Br)cc2)C[C@H](O[Si](C)(C)C(C)(C)C)CN1C(=O)OC(C)(C)C. The Morgan fingerprint density at radius 2 is 1.69 bits per heavy atom. The number of rotatable bonds is 5. The fourth-order valence-corrected chi connectivity index (χ4v) is 5.34. The number of carbonyl (C=O) groups excluding carboxylic acids is 2. The van der Waals surface area contributed by atoms with Crippen LogP contribution >= 0.6 is 15.9 Å². The molecule has 2 rings (SSSR count). The number of ether oxygens (including phenoxy) is 2. The van der Waals surface area contributed by atoms with Crippen molar-refractivity contribution in [2.75, 3.05) is 13.7 Å². The Morgan fingerprint density at radius 1 is 1.12 bits per heavy atom. The normalized spacial score (nSPS) is 22.1. The molecule has 0 aromatic heterocycles. The van der Waals surface area contributed by atoms with Crippen molar-refractivity contribution in [1.29, 1.82) is 0 Å². The van der Waals surface area contributed by atoms with Crippen molar-refractivity contribution in [2.45, 2.75) is 89.8 Å². The number of likely N-dealkylation sites (tertiary alicyclic amines) is 1. The molecule has 1 amide bonds. The summed E-state index contributed by atoms with van der Waals surface area (Å²) >= 11 is 3.45. The zero-order valence-corrected chi connectivity index (χ0v) is 23.5. The molecule has 0 unspecified atom stereocenters. The minimum absolute atomic E-state index is 0.00592. The summed E-state index contributed by atoms with van der Waals surface area (Å²) in [4.78, 5) is 28.1. The van der Waals surface area contributed by atoms with Crippen molar-refractivity contribution >= 4 is 36.3 Å². The maximum atomic E-state index is 13.3. The van der Waals surface area contributed by atoms with Crippen LogP contribution in [0.3, 0.4) is 0 Å². The highest BCUT2D eigenvalue weighted by atomic mass is 79.9. The van der Waals surface area contributed by atoms with E-state index >= 15 is 0 Å². The Balaban J connectivity index is 2.49. The van der Waals surface area contributed by atoms with Gasteiger partial charge in [-0.3, -0.25) is 4.90 Å². The largest absolute Gasteiger partial charge is 0.467 e. The summed E-state index contributed by atoms with van der Waals surface area (Å²) in [6, 6.07) is 7.75. The second-order valence-electron chi connectivity index (χ2n) is 11.1. The minimum atomic E-state index is -2.13. The molecule has 1 fully saturated rings. The number of hydrogen-bond donors (Lipinski definition) is 0. The van der Waals surface area contributed by atoms with Gasteiger partial charge in [-0.05, 0) is 56.6 Å². The van der Waals surface area contributed by atoms with Gasteiger partial charge >= 0.3 is 12.1 Å². The molecular weight excluding hydrogens is 490 g/mol. The fraction of sp³-hybridized carbons (Fsp3) is 0.667. The van der Waals surface area contributed by atoms with Gasteiger partial charge in [0.1, 0.15) is 11.1 Å². The van der Waals surface area contributed by atoms with E-state index in [9.17, 15) is 9.59 Å². The number of esters is 1. The van der Waals surface area contributed by atoms with Crippen molar-refractivity contribution in [3.63, 3.8) is 0 Å². The zero-order chi connectivity index (χ0) is 24.5. The molecule has 1 heterocycles. The second kappa shape index (κ2) is 9.47. The van der Waals surface area contributed by atoms with E-state index in [-0.39, 0.29) is 17.7 Å². The molecule has 1 aliphatic rings. The molecule has 32 heavy (non-hydrogen) atoms. The lowest BCUT2D eigenvalue weighted by Crippen LogP contribution is -2.56. The van der Waals surface area contributed by atoms with Crippen molar-refractivity contribution in [2.24, 2.45) is 0 Å². The number of nitrogens with zero attached hydrogens (tertiary/aromatic N) is 1. The predicted octanol–water partition coefficient (Wildman–Crippen LogP) is 5.93.